The summed E-state index contributed by atoms with van der Waals surface area (Å²) >= 11 is 5.52. The number of nitrogens with zero attached hydrogens (tertiary/aromatic N) is 1. The second kappa shape index (κ2) is 5.99. The molecular weight excluding hydrogens is 341 g/mol. The fraction of sp³-hybridized carbons (Fsp3) is 0.538. The molecule has 0 saturated carbocycles. The number of benzene rings is 1. The molecule has 1 heterocycles. The molecule has 9 heteroatoms. The summed E-state index contributed by atoms with van der Waals surface area (Å²) in [7, 11) is -4.02. The predicted molar refractivity (Wildman–Crippen MR) is 77.0 cm³/mol. The van der Waals surface area contributed by atoms with E-state index in [4.69, 9.17) is 17.3 Å². The Labute approximate surface area is 132 Å². The topological polar surface area (TPSA) is 63.4 Å². The Kier molecular flexibility index (Phi) is 4.77. The van der Waals surface area contributed by atoms with Crippen molar-refractivity contribution in [1.29, 1.82) is 0 Å². The maximum atomic E-state index is 12.9. The maximum absolute atomic E-state index is 12.9. The van der Waals surface area contributed by atoms with Gasteiger partial charge in [-0.15, -0.1) is 0 Å². The number of hydrogen-bond donors (Lipinski definition) is 1. The number of alkyl halides is 3. The van der Waals surface area contributed by atoms with Gasteiger partial charge >= 0.3 is 6.18 Å². The van der Waals surface area contributed by atoms with E-state index in [9.17, 15) is 21.6 Å². The second-order valence-corrected chi connectivity index (χ2v) is 7.69. The molecular formula is C13H16ClF3N2O2S. The number of nitrogens with two attached hydrogens (primary N) is 1. The summed E-state index contributed by atoms with van der Waals surface area (Å²) in [6.07, 6.45) is -3.76. The Morgan fingerprint density at radius 3 is 2.55 bits per heavy atom. The quantitative estimate of drug-likeness (QED) is 0.886. The number of piperidine rings is 1. The molecule has 2 N–H and O–H groups in total. The summed E-state index contributed by atoms with van der Waals surface area (Å²) in [6, 6.07) is 2.17. The third kappa shape index (κ3) is 3.40. The molecule has 0 radical (unpaired) electrons. The van der Waals surface area contributed by atoms with Crippen LogP contribution in [0.1, 0.15) is 25.3 Å². The largest absolute Gasteiger partial charge is 0.417 e. The predicted octanol–water partition coefficient (Wildman–Crippen LogP) is 2.86. The number of hydrogen-bond acceptors (Lipinski definition) is 3. The first kappa shape index (κ1) is 17.5. The zero-order valence-corrected chi connectivity index (χ0v) is 13.3. The highest BCUT2D eigenvalue weighted by Crippen LogP contribution is 2.37. The van der Waals surface area contributed by atoms with Crippen molar-refractivity contribution in [2.24, 2.45) is 5.73 Å². The van der Waals surface area contributed by atoms with Crippen LogP contribution in [-0.4, -0.2) is 31.4 Å². The molecule has 1 aromatic carbocycles. The van der Waals surface area contributed by atoms with Crippen molar-refractivity contribution in [2.45, 2.75) is 42.9 Å². The second-order valence-electron chi connectivity index (χ2n) is 5.39. The third-order valence-electron chi connectivity index (χ3n) is 3.71. The molecule has 0 amide bonds. The van der Waals surface area contributed by atoms with Crippen LogP contribution >= 0.6 is 11.6 Å². The summed E-state index contributed by atoms with van der Waals surface area (Å²) in [4.78, 5) is -0.411. The van der Waals surface area contributed by atoms with Crippen LogP contribution in [0.25, 0.3) is 0 Å². The number of rotatable bonds is 2. The zero-order chi connectivity index (χ0) is 16.7. The van der Waals surface area contributed by atoms with Gasteiger partial charge in [0.25, 0.3) is 0 Å². The van der Waals surface area contributed by atoms with Crippen LogP contribution in [0, 0.1) is 0 Å². The van der Waals surface area contributed by atoms with Gasteiger partial charge in [-0.2, -0.15) is 17.5 Å². The van der Waals surface area contributed by atoms with Crippen molar-refractivity contribution in [3.05, 3.63) is 28.8 Å². The van der Waals surface area contributed by atoms with Crippen molar-refractivity contribution in [2.75, 3.05) is 6.54 Å². The first-order valence-electron chi connectivity index (χ1n) is 6.67. The van der Waals surface area contributed by atoms with E-state index < -0.39 is 31.7 Å². The smallest absolute Gasteiger partial charge is 0.328 e. The average Bonchev–Trinajstić information content (AvgIpc) is 2.36. The lowest BCUT2D eigenvalue weighted by Gasteiger charge is -2.35. The molecule has 0 unspecified atom stereocenters. The van der Waals surface area contributed by atoms with Crippen LogP contribution in [0.5, 0.6) is 0 Å². The monoisotopic (exact) mass is 356 g/mol. The lowest BCUT2D eigenvalue weighted by molar-refractivity contribution is -0.137. The minimum Gasteiger partial charge on any atom is -0.328 e. The van der Waals surface area contributed by atoms with Gasteiger partial charge < -0.3 is 5.73 Å². The molecule has 124 valence electrons. The fourth-order valence-electron chi connectivity index (χ4n) is 2.56. The van der Waals surface area contributed by atoms with Crippen molar-refractivity contribution >= 4 is 21.6 Å². The van der Waals surface area contributed by atoms with Crippen LogP contribution < -0.4 is 5.73 Å². The number of halogens is 4. The van der Waals surface area contributed by atoms with Crippen molar-refractivity contribution in [3.8, 4) is 0 Å². The summed E-state index contributed by atoms with van der Waals surface area (Å²) in [6.45, 7) is 1.88. The van der Waals surface area contributed by atoms with Crippen LogP contribution in [0.4, 0.5) is 13.2 Å². The molecule has 4 nitrogen and oxygen atoms in total. The summed E-state index contributed by atoms with van der Waals surface area (Å²) in [5.74, 6) is 0. The van der Waals surface area contributed by atoms with Gasteiger partial charge in [0.05, 0.1) is 15.5 Å². The molecule has 1 aromatic rings. The van der Waals surface area contributed by atoms with Gasteiger partial charge in [-0.1, -0.05) is 11.6 Å². The molecule has 1 fully saturated rings. The van der Waals surface area contributed by atoms with Gasteiger partial charge in [-0.3, -0.25) is 0 Å². The van der Waals surface area contributed by atoms with E-state index in [0.29, 0.717) is 18.9 Å². The van der Waals surface area contributed by atoms with E-state index in [0.717, 1.165) is 12.1 Å². The van der Waals surface area contributed by atoms with E-state index >= 15 is 0 Å². The Hall–Kier alpha value is -0.830. The molecule has 1 aliphatic heterocycles. The highest BCUT2D eigenvalue weighted by molar-refractivity contribution is 7.89. The highest BCUT2D eigenvalue weighted by Gasteiger charge is 2.37. The van der Waals surface area contributed by atoms with E-state index in [2.05, 4.69) is 0 Å². The Morgan fingerprint density at radius 2 is 2.00 bits per heavy atom. The minimum absolute atomic E-state index is 0.0996. The minimum atomic E-state index is -4.71. The summed E-state index contributed by atoms with van der Waals surface area (Å²) in [5.41, 5.74) is 4.63. The zero-order valence-electron chi connectivity index (χ0n) is 11.8. The van der Waals surface area contributed by atoms with E-state index in [1.165, 1.54) is 4.31 Å². The van der Waals surface area contributed by atoms with Gasteiger partial charge in [0.15, 0.2) is 0 Å². The maximum Gasteiger partial charge on any atom is 0.417 e. The molecule has 22 heavy (non-hydrogen) atoms. The van der Waals surface area contributed by atoms with Crippen LogP contribution in [0.3, 0.4) is 0 Å². The molecule has 0 aromatic heterocycles. The molecule has 0 aliphatic carbocycles. The normalized spacial score (nSPS) is 24.5. The SMILES string of the molecule is C[C@@H]1C[C@@H](N)CCN1S(=O)(=O)c1ccc(Cl)c(C(F)(F)F)c1. The molecule has 1 saturated heterocycles. The summed E-state index contributed by atoms with van der Waals surface area (Å²) < 4.78 is 65.0. The first-order valence-corrected chi connectivity index (χ1v) is 8.49. The van der Waals surface area contributed by atoms with Gasteiger partial charge in [0.2, 0.25) is 10.0 Å². The van der Waals surface area contributed by atoms with Gasteiger partial charge in [0, 0.05) is 18.6 Å². The molecule has 1 aliphatic rings. The lowest BCUT2D eigenvalue weighted by Crippen LogP contribution is -2.48. The molecule has 2 rings (SSSR count). The van der Waals surface area contributed by atoms with Gasteiger partial charge in [-0.05, 0) is 38.0 Å². The molecule has 0 bridgehead atoms. The Bertz CT molecular complexity index is 664. The van der Waals surface area contributed by atoms with E-state index in [-0.39, 0.29) is 18.6 Å². The van der Waals surface area contributed by atoms with Crippen molar-refractivity contribution in [1.82, 2.24) is 4.31 Å². The lowest BCUT2D eigenvalue weighted by atomic mass is 10.0. The van der Waals surface area contributed by atoms with Crippen molar-refractivity contribution < 1.29 is 21.6 Å². The Morgan fingerprint density at radius 1 is 1.36 bits per heavy atom. The first-order chi connectivity index (χ1) is 10.0. The highest BCUT2D eigenvalue weighted by atomic mass is 35.5. The fourth-order valence-corrected chi connectivity index (χ4v) is 4.47. The average molecular weight is 357 g/mol. The summed E-state index contributed by atoms with van der Waals surface area (Å²) in [5, 5.41) is -0.528. The van der Waals surface area contributed by atoms with Crippen LogP contribution in [0.2, 0.25) is 5.02 Å². The molecule has 2 atom stereocenters. The molecule has 0 spiro atoms. The Balaban J connectivity index is 2.42. The van der Waals surface area contributed by atoms with Gasteiger partial charge in [-0.25, -0.2) is 8.42 Å². The van der Waals surface area contributed by atoms with Crippen LogP contribution in [-0.2, 0) is 16.2 Å². The standard InChI is InChI=1S/C13H16ClF3N2O2S/c1-8-6-9(18)4-5-19(8)22(20,21)10-2-3-12(14)11(7-10)13(15,16)17/h2-3,7-9H,4-6,18H2,1H3/t8-,9+/m1/s1. The third-order valence-corrected chi connectivity index (χ3v) is 6.04. The number of sulfonamides is 1. The van der Waals surface area contributed by atoms with Crippen LogP contribution in [0.15, 0.2) is 23.1 Å². The van der Waals surface area contributed by atoms with Crippen molar-refractivity contribution in [3.63, 3.8) is 0 Å². The van der Waals surface area contributed by atoms with Gasteiger partial charge in [0.1, 0.15) is 0 Å². The van der Waals surface area contributed by atoms with E-state index in [1.807, 2.05) is 0 Å². The van der Waals surface area contributed by atoms with E-state index in [1.54, 1.807) is 6.92 Å².